The van der Waals surface area contributed by atoms with E-state index in [2.05, 4.69) is 0 Å². The van der Waals surface area contributed by atoms with Crippen LogP contribution in [0.5, 0.6) is 0 Å². The van der Waals surface area contributed by atoms with Crippen molar-refractivity contribution in [2.24, 2.45) is 5.41 Å². The topological polar surface area (TPSA) is 67.2 Å². The molecule has 4 nitrogen and oxygen atoms in total. The molecular weight excluding hydrogens is 182 g/mol. The Hall–Kier alpha value is -1.37. The Labute approximate surface area is 82.8 Å². The minimum absolute atomic E-state index is 0.204. The van der Waals surface area contributed by atoms with Crippen molar-refractivity contribution in [3.05, 3.63) is 0 Å². The van der Waals surface area contributed by atoms with Gasteiger partial charge in [-0.05, 0) is 19.8 Å². The Bertz CT molecular complexity index is 292. The van der Waals surface area contributed by atoms with Gasteiger partial charge in [-0.2, -0.15) is 5.26 Å². The van der Waals surface area contributed by atoms with Gasteiger partial charge in [-0.1, -0.05) is 6.42 Å². The van der Waals surface area contributed by atoms with E-state index in [-0.39, 0.29) is 12.4 Å². The number of nitrogens with zero attached hydrogens (tertiary/aromatic N) is 1. The Morgan fingerprint density at radius 1 is 1.64 bits per heavy atom. The van der Waals surface area contributed by atoms with E-state index in [1.54, 1.807) is 6.92 Å². The SMILES string of the molecule is CCOC(=O)C1(C#N)CCCCC1=O. The predicted octanol–water partition coefficient (Wildman–Crippen LogP) is 1.20. The van der Waals surface area contributed by atoms with Crippen LogP contribution in [0.2, 0.25) is 0 Å². The van der Waals surface area contributed by atoms with Crippen LogP contribution < -0.4 is 0 Å². The van der Waals surface area contributed by atoms with Gasteiger partial charge in [0, 0.05) is 6.42 Å². The second kappa shape index (κ2) is 4.23. The van der Waals surface area contributed by atoms with Crippen LogP contribution in [0.25, 0.3) is 0 Å². The van der Waals surface area contributed by atoms with Crippen molar-refractivity contribution in [1.82, 2.24) is 0 Å². The highest BCUT2D eigenvalue weighted by molar-refractivity contribution is 6.07. The standard InChI is InChI=1S/C10H13NO3/c1-2-14-9(13)10(7-11)6-4-3-5-8(10)12/h2-6H2,1H3. The first-order chi connectivity index (χ1) is 6.67. The van der Waals surface area contributed by atoms with Crippen molar-refractivity contribution in [3.8, 4) is 6.07 Å². The first-order valence-corrected chi connectivity index (χ1v) is 4.79. The highest BCUT2D eigenvalue weighted by atomic mass is 16.5. The molecule has 1 rings (SSSR count). The van der Waals surface area contributed by atoms with Crippen LogP contribution in [0.4, 0.5) is 0 Å². The molecular formula is C10H13NO3. The van der Waals surface area contributed by atoms with Gasteiger partial charge in [-0.25, -0.2) is 4.79 Å². The van der Waals surface area contributed by atoms with Crippen LogP contribution in [0.1, 0.15) is 32.6 Å². The molecule has 1 aliphatic carbocycles. The number of ketones is 1. The number of Topliss-reactive ketones (excluding diaryl/α,β-unsaturated/α-hetero) is 1. The fourth-order valence-corrected chi connectivity index (χ4v) is 1.66. The van der Waals surface area contributed by atoms with Crippen LogP contribution in [0.15, 0.2) is 0 Å². The van der Waals surface area contributed by atoms with E-state index in [4.69, 9.17) is 10.00 Å². The minimum atomic E-state index is -1.51. The normalized spacial score (nSPS) is 26.7. The van der Waals surface area contributed by atoms with E-state index in [9.17, 15) is 9.59 Å². The highest BCUT2D eigenvalue weighted by Crippen LogP contribution is 2.33. The predicted molar refractivity (Wildman–Crippen MR) is 48.2 cm³/mol. The zero-order valence-corrected chi connectivity index (χ0v) is 8.21. The second-order valence-electron chi connectivity index (χ2n) is 3.37. The molecule has 1 unspecified atom stereocenters. The van der Waals surface area contributed by atoms with Gasteiger partial charge in [-0.15, -0.1) is 0 Å². The van der Waals surface area contributed by atoms with E-state index in [0.29, 0.717) is 12.8 Å². The lowest BCUT2D eigenvalue weighted by atomic mass is 9.74. The molecule has 0 radical (unpaired) electrons. The second-order valence-corrected chi connectivity index (χ2v) is 3.37. The molecule has 1 atom stereocenters. The Morgan fingerprint density at radius 3 is 2.86 bits per heavy atom. The quantitative estimate of drug-likeness (QED) is 0.490. The number of nitriles is 1. The fourth-order valence-electron chi connectivity index (χ4n) is 1.66. The molecule has 0 aromatic rings. The van der Waals surface area contributed by atoms with Gasteiger partial charge in [0.2, 0.25) is 5.41 Å². The molecule has 0 saturated heterocycles. The molecule has 4 heteroatoms. The molecule has 76 valence electrons. The molecule has 0 amide bonds. The lowest BCUT2D eigenvalue weighted by Crippen LogP contribution is -2.41. The van der Waals surface area contributed by atoms with Crippen molar-refractivity contribution in [3.63, 3.8) is 0 Å². The summed E-state index contributed by atoms with van der Waals surface area (Å²) in [4.78, 5) is 23.0. The van der Waals surface area contributed by atoms with Gasteiger partial charge in [0.05, 0.1) is 12.7 Å². The number of ether oxygens (including phenoxy) is 1. The molecule has 0 bridgehead atoms. The first kappa shape index (κ1) is 10.7. The Morgan fingerprint density at radius 2 is 2.36 bits per heavy atom. The van der Waals surface area contributed by atoms with Crippen LogP contribution in [-0.4, -0.2) is 18.4 Å². The van der Waals surface area contributed by atoms with Gasteiger partial charge in [0.15, 0.2) is 5.78 Å². The van der Waals surface area contributed by atoms with Gasteiger partial charge < -0.3 is 4.74 Å². The summed E-state index contributed by atoms with van der Waals surface area (Å²) in [5.74, 6) is -0.961. The van der Waals surface area contributed by atoms with E-state index >= 15 is 0 Å². The Kier molecular flexibility index (Phi) is 3.23. The van der Waals surface area contributed by atoms with Crippen molar-refractivity contribution >= 4 is 11.8 Å². The molecule has 0 aromatic carbocycles. The lowest BCUT2D eigenvalue weighted by Gasteiger charge is -2.26. The van der Waals surface area contributed by atoms with Crippen molar-refractivity contribution in [1.29, 1.82) is 5.26 Å². The van der Waals surface area contributed by atoms with Gasteiger partial charge in [-0.3, -0.25) is 4.79 Å². The van der Waals surface area contributed by atoms with Crippen molar-refractivity contribution in [2.45, 2.75) is 32.6 Å². The molecule has 0 aliphatic heterocycles. The number of carbonyl (C=O) groups excluding carboxylic acids is 2. The fraction of sp³-hybridized carbons (Fsp3) is 0.700. The van der Waals surface area contributed by atoms with Gasteiger partial charge in [0.25, 0.3) is 0 Å². The molecule has 1 aliphatic rings. The largest absolute Gasteiger partial charge is 0.464 e. The molecule has 1 fully saturated rings. The minimum Gasteiger partial charge on any atom is -0.464 e. The van der Waals surface area contributed by atoms with Gasteiger partial charge in [0.1, 0.15) is 0 Å². The summed E-state index contributed by atoms with van der Waals surface area (Å²) < 4.78 is 4.76. The maximum absolute atomic E-state index is 11.5. The summed E-state index contributed by atoms with van der Waals surface area (Å²) in [6.45, 7) is 1.87. The summed E-state index contributed by atoms with van der Waals surface area (Å²) in [6, 6.07) is 1.83. The van der Waals surface area contributed by atoms with Crippen LogP contribution in [0, 0.1) is 16.7 Å². The average Bonchev–Trinajstić information content (AvgIpc) is 2.19. The van der Waals surface area contributed by atoms with Crippen molar-refractivity contribution in [2.75, 3.05) is 6.61 Å². The van der Waals surface area contributed by atoms with E-state index in [0.717, 1.165) is 12.8 Å². The third-order valence-corrected chi connectivity index (χ3v) is 2.50. The zero-order chi connectivity index (χ0) is 10.6. The summed E-state index contributed by atoms with van der Waals surface area (Å²) in [5, 5.41) is 8.94. The average molecular weight is 195 g/mol. The summed E-state index contributed by atoms with van der Waals surface area (Å²) in [6.07, 6.45) is 2.12. The Balaban J connectivity index is 2.89. The summed E-state index contributed by atoms with van der Waals surface area (Å²) in [7, 11) is 0. The monoisotopic (exact) mass is 195 g/mol. The summed E-state index contributed by atoms with van der Waals surface area (Å²) in [5.41, 5.74) is -1.51. The third kappa shape index (κ3) is 1.63. The molecule has 0 heterocycles. The van der Waals surface area contributed by atoms with Crippen molar-refractivity contribution < 1.29 is 14.3 Å². The maximum Gasteiger partial charge on any atom is 0.334 e. The molecule has 0 spiro atoms. The van der Waals surface area contributed by atoms with E-state index < -0.39 is 11.4 Å². The third-order valence-electron chi connectivity index (χ3n) is 2.50. The lowest BCUT2D eigenvalue weighted by molar-refractivity contribution is -0.157. The smallest absolute Gasteiger partial charge is 0.334 e. The number of hydrogen-bond donors (Lipinski definition) is 0. The number of esters is 1. The van der Waals surface area contributed by atoms with Crippen LogP contribution in [0.3, 0.4) is 0 Å². The van der Waals surface area contributed by atoms with Crippen LogP contribution in [-0.2, 0) is 14.3 Å². The van der Waals surface area contributed by atoms with Crippen LogP contribution >= 0.6 is 0 Å². The molecule has 1 saturated carbocycles. The first-order valence-electron chi connectivity index (χ1n) is 4.79. The molecule has 0 aromatic heterocycles. The molecule has 14 heavy (non-hydrogen) atoms. The highest BCUT2D eigenvalue weighted by Gasteiger charge is 2.48. The number of rotatable bonds is 2. The number of hydrogen-bond acceptors (Lipinski definition) is 4. The summed E-state index contributed by atoms with van der Waals surface area (Å²) >= 11 is 0. The van der Waals surface area contributed by atoms with E-state index in [1.165, 1.54) is 0 Å². The maximum atomic E-state index is 11.5. The molecule has 0 N–H and O–H groups in total. The van der Waals surface area contributed by atoms with E-state index in [1.807, 2.05) is 6.07 Å². The number of carbonyl (C=O) groups is 2. The zero-order valence-electron chi connectivity index (χ0n) is 8.21. The van der Waals surface area contributed by atoms with Gasteiger partial charge >= 0.3 is 5.97 Å².